The van der Waals surface area contributed by atoms with Gasteiger partial charge in [0.2, 0.25) is 0 Å². The van der Waals surface area contributed by atoms with E-state index in [4.69, 9.17) is 19.2 Å². The second-order valence-corrected chi connectivity index (χ2v) is 7.73. The molecule has 2 atom stereocenters. The van der Waals surface area contributed by atoms with Crippen LogP contribution >= 0.6 is 0 Å². The Kier molecular flexibility index (Phi) is 6.87. The lowest BCUT2D eigenvalue weighted by Gasteiger charge is -2.19. The molecule has 160 valence electrons. The van der Waals surface area contributed by atoms with Gasteiger partial charge in [-0.15, -0.1) is 0 Å². The normalized spacial score (nSPS) is 18.2. The SMILES string of the molecule is COc1ccccc1OCCNC[C@@H](O)COc1cccc2c1=C1CCCC[C@H]1N=2. The van der Waals surface area contributed by atoms with Gasteiger partial charge in [0.05, 0.1) is 18.5 Å². The van der Waals surface area contributed by atoms with Crippen LogP contribution in [0.2, 0.25) is 0 Å². The van der Waals surface area contributed by atoms with E-state index in [1.165, 1.54) is 18.4 Å². The number of aliphatic hydroxyl groups excluding tert-OH is 1. The molecule has 0 unspecified atom stereocenters. The lowest BCUT2D eigenvalue weighted by atomic mass is 9.90. The molecule has 30 heavy (non-hydrogen) atoms. The molecule has 0 radical (unpaired) electrons. The standard InChI is InChI=1S/C24H30N2O4/c1-28-21-10-4-5-11-22(21)29-14-13-25-15-17(27)16-30-23-12-6-9-20-24(23)18-7-2-3-8-19(18)26-20/h4-6,9-12,17,19,25,27H,2-3,7-8,13-16H2,1H3/t17-,19-/m1/s1. The third-order valence-electron chi connectivity index (χ3n) is 5.61. The van der Waals surface area contributed by atoms with Crippen LogP contribution in [-0.2, 0) is 0 Å². The van der Waals surface area contributed by atoms with E-state index in [2.05, 4.69) is 11.4 Å². The van der Waals surface area contributed by atoms with Gasteiger partial charge in [0.15, 0.2) is 11.5 Å². The highest BCUT2D eigenvalue weighted by Gasteiger charge is 2.24. The third kappa shape index (κ3) is 4.77. The molecule has 6 nitrogen and oxygen atoms in total. The van der Waals surface area contributed by atoms with Crippen molar-refractivity contribution in [1.82, 2.24) is 5.32 Å². The van der Waals surface area contributed by atoms with E-state index in [9.17, 15) is 5.11 Å². The largest absolute Gasteiger partial charge is 0.493 e. The molecule has 0 amide bonds. The van der Waals surface area contributed by atoms with Gasteiger partial charge in [0, 0.05) is 18.3 Å². The van der Waals surface area contributed by atoms with Crippen molar-refractivity contribution in [3.63, 3.8) is 0 Å². The zero-order chi connectivity index (χ0) is 20.8. The molecule has 2 N–H and O–H groups in total. The molecule has 2 aliphatic rings. The average Bonchev–Trinajstić information content (AvgIpc) is 3.17. The maximum atomic E-state index is 10.3. The van der Waals surface area contributed by atoms with Crippen molar-refractivity contribution in [3.8, 4) is 17.2 Å². The van der Waals surface area contributed by atoms with Gasteiger partial charge in [-0.2, -0.15) is 0 Å². The van der Waals surface area contributed by atoms with Gasteiger partial charge in [-0.1, -0.05) is 24.6 Å². The Morgan fingerprint density at radius 1 is 1.07 bits per heavy atom. The molecule has 4 rings (SSSR count). The number of nitrogens with one attached hydrogen (secondary N) is 1. The van der Waals surface area contributed by atoms with Crippen LogP contribution in [-0.4, -0.2) is 50.7 Å². The molecule has 1 saturated carbocycles. The Morgan fingerprint density at radius 3 is 2.77 bits per heavy atom. The first-order valence-electron chi connectivity index (χ1n) is 10.7. The van der Waals surface area contributed by atoms with Gasteiger partial charge >= 0.3 is 0 Å². The zero-order valence-corrected chi connectivity index (χ0v) is 17.5. The van der Waals surface area contributed by atoms with Crippen LogP contribution in [0.15, 0.2) is 47.5 Å². The first kappa shape index (κ1) is 20.7. The predicted octanol–water partition coefficient (Wildman–Crippen LogP) is 1.83. The number of ether oxygens (including phenoxy) is 3. The number of fused-ring (bicyclic) bond motifs is 2. The molecule has 0 aromatic heterocycles. The van der Waals surface area contributed by atoms with Gasteiger partial charge < -0.3 is 24.6 Å². The molecule has 0 bridgehead atoms. The number of para-hydroxylation sites is 2. The Bertz CT molecular complexity index is 975. The van der Waals surface area contributed by atoms with Crippen molar-refractivity contribution in [1.29, 1.82) is 0 Å². The van der Waals surface area contributed by atoms with E-state index in [1.54, 1.807) is 7.11 Å². The van der Waals surface area contributed by atoms with E-state index in [0.29, 0.717) is 37.2 Å². The number of hydrogen-bond donors (Lipinski definition) is 2. The highest BCUT2D eigenvalue weighted by molar-refractivity contribution is 5.57. The molecule has 6 heteroatoms. The number of methoxy groups -OCH3 is 1. The summed E-state index contributed by atoms with van der Waals surface area (Å²) >= 11 is 0. The molecule has 1 heterocycles. The minimum absolute atomic E-state index is 0.245. The minimum Gasteiger partial charge on any atom is -0.493 e. The summed E-state index contributed by atoms with van der Waals surface area (Å²) in [5.74, 6) is 2.27. The molecule has 0 spiro atoms. The minimum atomic E-state index is -0.599. The Hall–Kier alpha value is -2.57. The van der Waals surface area contributed by atoms with Crippen LogP contribution < -0.4 is 30.1 Å². The van der Waals surface area contributed by atoms with E-state index in [-0.39, 0.29) is 6.61 Å². The fourth-order valence-corrected chi connectivity index (χ4v) is 4.15. The summed E-state index contributed by atoms with van der Waals surface area (Å²) in [4.78, 5) is 4.85. The van der Waals surface area contributed by atoms with Gasteiger partial charge in [-0.05, 0) is 49.1 Å². The molecule has 2 aromatic carbocycles. The maximum absolute atomic E-state index is 10.3. The summed E-state index contributed by atoms with van der Waals surface area (Å²) in [5, 5.41) is 15.7. The summed E-state index contributed by atoms with van der Waals surface area (Å²) < 4.78 is 17.0. The summed E-state index contributed by atoms with van der Waals surface area (Å²) in [5.41, 5.74) is 1.41. The maximum Gasteiger partial charge on any atom is 0.161 e. The Labute approximate surface area is 177 Å². The van der Waals surface area contributed by atoms with E-state index < -0.39 is 6.10 Å². The van der Waals surface area contributed by atoms with E-state index in [1.807, 2.05) is 36.4 Å². The van der Waals surface area contributed by atoms with Crippen molar-refractivity contribution in [2.75, 3.05) is 33.4 Å². The lowest BCUT2D eigenvalue weighted by Crippen LogP contribution is -2.35. The molecule has 1 aliphatic heterocycles. The number of hydrogen-bond acceptors (Lipinski definition) is 6. The van der Waals surface area contributed by atoms with Gasteiger partial charge in [0.1, 0.15) is 25.1 Å². The summed E-state index contributed by atoms with van der Waals surface area (Å²) in [7, 11) is 1.62. The van der Waals surface area contributed by atoms with Crippen molar-refractivity contribution < 1.29 is 19.3 Å². The molecule has 1 fully saturated rings. The summed E-state index contributed by atoms with van der Waals surface area (Å²) in [6.07, 6.45) is 4.09. The van der Waals surface area contributed by atoms with Crippen molar-refractivity contribution >= 4 is 5.57 Å². The lowest BCUT2D eigenvalue weighted by molar-refractivity contribution is 0.105. The topological polar surface area (TPSA) is 72.3 Å². The third-order valence-corrected chi connectivity index (χ3v) is 5.61. The highest BCUT2D eigenvalue weighted by atomic mass is 16.5. The van der Waals surface area contributed by atoms with Crippen LogP contribution in [0, 0.1) is 0 Å². The van der Waals surface area contributed by atoms with Crippen LogP contribution in [0.3, 0.4) is 0 Å². The fourth-order valence-electron chi connectivity index (χ4n) is 4.15. The van der Waals surface area contributed by atoms with Gasteiger partial charge in [0.25, 0.3) is 0 Å². The van der Waals surface area contributed by atoms with Gasteiger partial charge in [-0.25, -0.2) is 0 Å². The predicted molar refractivity (Wildman–Crippen MR) is 116 cm³/mol. The second kappa shape index (κ2) is 9.96. The van der Waals surface area contributed by atoms with Crippen molar-refractivity contribution in [2.24, 2.45) is 4.99 Å². The van der Waals surface area contributed by atoms with Crippen LogP contribution in [0.5, 0.6) is 17.2 Å². The first-order chi connectivity index (χ1) is 14.8. The smallest absolute Gasteiger partial charge is 0.161 e. The van der Waals surface area contributed by atoms with E-state index in [0.717, 1.165) is 29.2 Å². The fraction of sp³-hybridized carbons (Fsp3) is 0.458. The quantitative estimate of drug-likeness (QED) is 0.585. The van der Waals surface area contributed by atoms with Gasteiger partial charge in [-0.3, -0.25) is 4.99 Å². The summed E-state index contributed by atoms with van der Waals surface area (Å²) in [6, 6.07) is 13.9. The first-order valence-corrected chi connectivity index (χ1v) is 10.7. The zero-order valence-electron chi connectivity index (χ0n) is 17.5. The second-order valence-electron chi connectivity index (χ2n) is 7.73. The molecular weight excluding hydrogens is 380 g/mol. The van der Waals surface area contributed by atoms with Crippen molar-refractivity contribution in [2.45, 2.75) is 37.8 Å². The molecule has 1 aliphatic carbocycles. The Morgan fingerprint density at radius 2 is 1.90 bits per heavy atom. The number of rotatable bonds is 10. The molecule has 0 saturated heterocycles. The van der Waals surface area contributed by atoms with Crippen molar-refractivity contribution in [3.05, 3.63) is 53.0 Å². The molecule has 2 aromatic rings. The van der Waals surface area contributed by atoms with Crippen LogP contribution in [0.1, 0.15) is 25.7 Å². The number of aliphatic hydroxyl groups is 1. The Balaban J connectivity index is 1.24. The van der Waals surface area contributed by atoms with E-state index >= 15 is 0 Å². The number of benzene rings is 2. The van der Waals surface area contributed by atoms with Crippen LogP contribution in [0.4, 0.5) is 0 Å². The van der Waals surface area contributed by atoms with Crippen LogP contribution in [0.25, 0.3) is 5.57 Å². The molecular formula is C24H30N2O4. The average molecular weight is 411 g/mol. The highest BCUT2D eigenvalue weighted by Crippen LogP contribution is 2.28. The monoisotopic (exact) mass is 410 g/mol. The number of nitrogens with zero attached hydrogens (tertiary/aromatic N) is 1. The summed E-state index contributed by atoms with van der Waals surface area (Å²) in [6.45, 7) is 1.79.